The van der Waals surface area contributed by atoms with Gasteiger partial charge in [0, 0.05) is 6.42 Å². The Kier molecular flexibility index (Phi) is 3.14. The molecule has 0 saturated carbocycles. The van der Waals surface area contributed by atoms with Gasteiger partial charge in [-0.1, -0.05) is 0 Å². The normalized spacial score (nSPS) is 34.2. The second-order valence-corrected chi connectivity index (χ2v) is 5.25. The monoisotopic (exact) mass is 292 g/mol. The van der Waals surface area contributed by atoms with Crippen LogP contribution in [0.2, 0.25) is 0 Å². The van der Waals surface area contributed by atoms with Crippen molar-refractivity contribution >= 4 is 8.25 Å². The molecule has 1 unspecified atom stereocenters. The van der Waals surface area contributed by atoms with Crippen molar-refractivity contribution in [3.63, 3.8) is 0 Å². The molecule has 1 aromatic rings. The first-order chi connectivity index (χ1) is 9.04. The first-order valence-electron chi connectivity index (χ1n) is 5.54. The van der Waals surface area contributed by atoms with E-state index in [1.54, 1.807) is 0 Å². The molecule has 10 heteroatoms. The minimum Gasteiger partial charge on any atom is -0.349 e. The molecule has 104 valence electrons. The largest absolute Gasteiger partial charge is 0.349 e. The zero-order valence-electron chi connectivity index (χ0n) is 9.50. The number of aromatic amines is 1. The molecule has 1 aromatic heterocycles. The van der Waals surface area contributed by atoms with E-state index < -0.39 is 43.8 Å². The Morgan fingerprint density at radius 3 is 3.00 bits per heavy atom. The lowest BCUT2D eigenvalue weighted by Crippen LogP contribution is -2.34. The van der Waals surface area contributed by atoms with Crippen LogP contribution in [-0.4, -0.2) is 28.4 Å². The van der Waals surface area contributed by atoms with Crippen molar-refractivity contribution in [1.82, 2.24) is 9.55 Å². The van der Waals surface area contributed by atoms with Crippen LogP contribution in [0.1, 0.15) is 12.6 Å². The van der Waals surface area contributed by atoms with E-state index in [1.165, 1.54) is 0 Å². The Labute approximate surface area is 106 Å². The highest BCUT2D eigenvalue weighted by Gasteiger charge is 2.41. The second kappa shape index (κ2) is 4.68. The first kappa shape index (κ1) is 12.7. The van der Waals surface area contributed by atoms with Gasteiger partial charge in [-0.2, -0.15) is 4.39 Å². The van der Waals surface area contributed by atoms with Crippen LogP contribution in [0.4, 0.5) is 4.39 Å². The van der Waals surface area contributed by atoms with E-state index in [-0.39, 0.29) is 13.0 Å². The molecule has 4 atom stereocenters. The molecule has 2 saturated heterocycles. The zero-order chi connectivity index (χ0) is 13.6. The van der Waals surface area contributed by atoms with E-state index in [0.717, 1.165) is 10.8 Å². The second-order valence-electron chi connectivity index (χ2n) is 4.23. The van der Waals surface area contributed by atoms with Crippen LogP contribution in [0.3, 0.4) is 0 Å². The summed E-state index contributed by atoms with van der Waals surface area (Å²) in [5.41, 5.74) is -1.86. The minimum atomic E-state index is -2.52. The Balaban J connectivity index is 1.89. The SMILES string of the molecule is O=c1[nH]c(=O)n([C@H]2C[C@@H]3O[PH](=O)OC[C@H]3O2)cc1F. The predicted octanol–water partition coefficient (Wildman–Crippen LogP) is -0.232. The molecule has 0 spiro atoms. The van der Waals surface area contributed by atoms with Crippen LogP contribution in [0.25, 0.3) is 0 Å². The van der Waals surface area contributed by atoms with E-state index in [1.807, 2.05) is 4.98 Å². The number of ether oxygens (including phenoxy) is 1. The van der Waals surface area contributed by atoms with Crippen LogP contribution >= 0.6 is 8.25 Å². The Morgan fingerprint density at radius 2 is 2.21 bits per heavy atom. The van der Waals surface area contributed by atoms with Crippen LogP contribution in [0, 0.1) is 5.82 Å². The summed E-state index contributed by atoms with van der Waals surface area (Å²) in [4.78, 5) is 24.4. The van der Waals surface area contributed by atoms with E-state index in [0.29, 0.717) is 0 Å². The van der Waals surface area contributed by atoms with Gasteiger partial charge < -0.3 is 13.8 Å². The lowest BCUT2D eigenvalue weighted by atomic mass is 10.2. The van der Waals surface area contributed by atoms with Gasteiger partial charge in [-0.15, -0.1) is 0 Å². The number of hydrogen-bond donors (Lipinski definition) is 1. The third-order valence-corrected chi connectivity index (χ3v) is 3.93. The van der Waals surface area contributed by atoms with Gasteiger partial charge in [-0.3, -0.25) is 18.9 Å². The fourth-order valence-corrected chi connectivity index (χ4v) is 2.99. The topological polar surface area (TPSA) is 99.6 Å². The first-order valence-corrected chi connectivity index (χ1v) is 6.77. The van der Waals surface area contributed by atoms with Gasteiger partial charge in [0.05, 0.1) is 18.9 Å². The van der Waals surface area contributed by atoms with Gasteiger partial charge in [0.25, 0.3) is 5.56 Å². The zero-order valence-corrected chi connectivity index (χ0v) is 10.5. The number of rotatable bonds is 1. The summed E-state index contributed by atoms with van der Waals surface area (Å²) in [5.74, 6) is -1.08. The Morgan fingerprint density at radius 1 is 1.42 bits per heavy atom. The van der Waals surface area contributed by atoms with Crippen LogP contribution in [0.5, 0.6) is 0 Å². The molecule has 0 bridgehead atoms. The highest BCUT2D eigenvalue weighted by molar-refractivity contribution is 7.33. The van der Waals surface area contributed by atoms with Crippen molar-refractivity contribution < 1.29 is 22.7 Å². The smallest absolute Gasteiger partial charge is 0.330 e. The maximum atomic E-state index is 13.2. The molecule has 1 N–H and O–H groups in total. The van der Waals surface area contributed by atoms with Gasteiger partial charge >= 0.3 is 13.9 Å². The lowest BCUT2D eigenvalue weighted by molar-refractivity contribution is -0.0548. The molecule has 0 amide bonds. The lowest BCUT2D eigenvalue weighted by Gasteiger charge is -2.23. The third kappa shape index (κ3) is 2.30. The van der Waals surface area contributed by atoms with Crippen LogP contribution < -0.4 is 11.2 Å². The number of nitrogens with one attached hydrogen (secondary N) is 1. The van der Waals surface area contributed by atoms with Crippen molar-refractivity contribution in [3.05, 3.63) is 32.9 Å². The summed E-state index contributed by atoms with van der Waals surface area (Å²) >= 11 is 0. The summed E-state index contributed by atoms with van der Waals surface area (Å²) in [6, 6.07) is 0. The fourth-order valence-electron chi connectivity index (χ4n) is 2.13. The van der Waals surface area contributed by atoms with Gasteiger partial charge in [0.1, 0.15) is 12.3 Å². The van der Waals surface area contributed by atoms with E-state index in [9.17, 15) is 18.5 Å². The van der Waals surface area contributed by atoms with Crippen molar-refractivity contribution in [3.8, 4) is 0 Å². The van der Waals surface area contributed by atoms with Gasteiger partial charge in [-0.25, -0.2) is 4.79 Å². The van der Waals surface area contributed by atoms with Crippen molar-refractivity contribution in [2.24, 2.45) is 0 Å². The number of fused-ring (bicyclic) bond motifs is 1. The number of nitrogens with zero attached hydrogens (tertiary/aromatic N) is 1. The number of halogens is 1. The predicted molar refractivity (Wildman–Crippen MR) is 59.6 cm³/mol. The van der Waals surface area contributed by atoms with E-state index in [2.05, 4.69) is 0 Å². The fraction of sp³-hybridized carbons (Fsp3) is 0.556. The average molecular weight is 292 g/mol. The average Bonchev–Trinajstić information content (AvgIpc) is 2.76. The van der Waals surface area contributed by atoms with E-state index >= 15 is 0 Å². The van der Waals surface area contributed by atoms with Crippen LogP contribution in [0.15, 0.2) is 15.8 Å². The molecule has 0 aromatic carbocycles. The van der Waals surface area contributed by atoms with Gasteiger partial charge in [0.15, 0.2) is 0 Å². The molecule has 3 rings (SSSR count). The van der Waals surface area contributed by atoms with E-state index in [4.69, 9.17) is 13.8 Å². The highest BCUT2D eigenvalue weighted by Crippen LogP contribution is 2.41. The molecular weight excluding hydrogens is 282 g/mol. The number of aromatic nitrogens is 2. The summed E-state index contributed by atoms with van der Waals surface area (Å²) in [6.07, 6.45) is -0.699. The number of hydrogen-bond acceptors (Lipinski definition) is 6. The van der Waals surface area contributed by atoms with Crippen molar-refractivity contribution in [2.45, 2.75) is 24.9 Å². The standard InChI is InChI=1S/C9H10FN2O6P/c10-4-2-12(9(14)11-8(4)13)7-1-5-6(17-7)3-16-19(15)18-5/h2,5-7,19H,1,3H2,(H,11,13,14)/t5-,6+,7+/m0/s1. The van der Waals surface area contributed by atoms with Crippen molar-refractivity contribution in [2.75, 3.05) is 6.61 Å². The minimum absolute atomic E-state index is 0.0968. The Bertz CT molecular complexity index is 642. The molecule has 2 aliphatic heterocycles. The molecule has 2 aliphatic rings. The summed E-state index contributed by atoms with van der Waals surface area (Å²) in [5, 5.41) is 0. The molecular formula is C9H10FN2O6P. The third-order valence-electron chi connectivity index (χ3n) is 3.03. The van der Waals surface area contributed by atoms with Crippen molar-refractivity contribution in [1.29, 1.82) is 0 Å². The summed E-state index contributed by atoms with van der Waals surface area (Å²) < 4.78 is 40.6. The molecule has 19 heavy (non-hydrogen) atoms. The quantitative estimate of drug-likeness (QED) is 0.718. The summed E-state index contributed by atoms with van der Waals surface area (Å²) in [7, 11) is -2.52. The van der Waals surface area contributed by atoms with Gasteiger partial charge in [-0.05, 0) is 0 Å². The maximum Gasteiger partial charge on any atom is 0.330 e. The van der Waals surface area contributed by atoms with Crippen LogP contribution in [-0.2, 0) is 18.3 Å². The highest BCUT2D eigenvalue weighted by atomic mass is 31.1. The Hall–Kier alpha value is -1.28. The van der Waals surface area contributed by atoms with Gasteiger partial charge in [0.2, 0.25) is 5.82 Å². The maximum absolute atomic E-state index is 13.2. The molecule has 3 heterocycles. The number of H-pyrrole nitrogens is 1. The molecule has 8 nitrogen and oxygen atoms in total. The molecule has 0 aliphatic carbocycles. The molecule has 0 radical (unpaired) electrons. The molecule has 2 fully saturated rings. The summed E-state index contributed by atoms with van der Waals surface area (Å²) in [6.45, 7) is 0.0968.